The van der Waals surface area contributed by atoms with Crippen LogP contribution in [0, 0.1) is 6.92 Å². The van der Waals surface area contributed by atoms with Crippen molar-refractivity contribution in [1.29, 1.82) is 0 Å². The monoisotopic (exact) mass is 261 g/mol. The summed E-state index contributed by atoms with van der Waals surface area (Å²) in [4.78, 5) is 8.26. The van der Waals surface area contributed by atoms with Crippen molar-refractivity contribution in [3.8, 4) is 0 Å². The molecule has 0 atom stereocenters. The Morgan fingerprint density at radius 1 is 1.50 bits per heavy atom. The number of halogens is 1. The molecule has 1 fully saturated rings. The molecule has 0 spiro atoms. The van der Waals surface area contributed by atoms with Gasteiger partial charge < -0.3 is 5.32 Å². The Kier molecular flexibility index (Phi) is 5.69. The lowest BCUT2D eigenvalue weighted by atomic mass is 10.1. The highest BCUT2D eigenvalue weighted by atomic mass is 35.5. The first kappa shape index (κ1) is 13.9. The quantitative estimate of drug-likeness (QED) is 0.903. The highest BCUT2D eigenvalue weighted by Crippen LogP contribution is 2.18. The summed E-state index contributed by atoms with van der Waals surface area (Å²) in [6, 6.07) is 0.726. The van der Waals surface area contributed by atoms with Crippen molar-refractivity contribution in [1.82, 2.24) is 15.2 Å². The van der Waals surface area contributed by atoms with Crippen molar-refractivity contribution in [2.24, 2.45) is 0 Å². The highest BCUT2D eigenvalue weighted by Gasteiger charge is 2.18. The SMILES string of the molecule is CNC1CCN(Cc2scnc2C)CC1.Cl. The van der Waals surface area contributed by atoms with Crippen LogP contribution >= 0.6 is 23.7 Å². The molecule has 16 heavy (non-hydrogen) atoms. The van der Waals surface area contributed by atoms with Crippen molar-refractivity contribution in [2.45, 2.75) is 32.4 Å². The van der Waals surface area contributed by atoms with Crippen LogP contribution in [-0.2, 0) is 6.54 Å². The summed E-state index contributed by atoms with van der Waals surface area (Å²) in [5.41, 5.74) is 3.15. The van der Waals surface area contributed by atoms with E-state index in [-0.39, 0.29) is 12.4 Å². The fourth-order valence-corrected chi connectivity index (χ4v) is 2.88. The molecule has 0 bridgehead atoms. The van der Waals surface area contributed by atoms with Gasteiger partial charge in [-0.2, -0.15) is 0 Å². The third-order valence-electron chi connectivity index (χ3n) is 3.21. The maximum Gasteiger partial charge on any atom is 0.0798 e. The van der Waals surface area contributed by atoms with Gasteiger partial charge in [0.15, 0.2) is 0 Å². The third kappa shape index (κ3) is 3.42. The van der Waals surface area contributed by atoms with Crippen LogP contribution in [0.1, 0.15) is 23.4 Å². The van der Waals surface area contributed by atoms with Gasteiger partial charge >= 0.3 is 0 Å². The molecular weight excluding hydrogens is 242 g/mol. The Hall–Kier alpha value is -0.160. The molecule has 0 saturated carbocycles. The largest absolute Gasteiger partial charge is 0.317 e. The van der Waals surface area contributed by atoms with Crippen LogP contribution < -0.4 is 5.32 Å². The first-order valence-electron chi connectivity index (χ1n) is 5.58. The molecular formula is C11H20ClN3S. The zero-order valence-electron chi connectivity index (χ0n) is 9.90. The predicted molar refractivity (Wildman–Crippen MR) is 71.5 cm³/mol. The van der Waals surface area contributed by atoms with E-state index in [0.717, 1.165) is 12.6 Å². The highest BCUT2D eigenvalue weighted by molar-refractivity contribution is 7.09. The van der Waals surface area contributed by atoms with Crippen molar-refractivity contribution < 1.29 is 0 Å². The van der Waals surface area contributed by atoms with Crippen LogP contribution in [-0.4, -0.2) is 36.1 Å². The molecule has 2 heterocycles. The number of aryl methyl sites for hydroxylation is 1. The first-order chi connectivity index (χ1) is 7.29. The molecule has 1 aromatic rings. The zero-order valence-corrected chi connectivity index (χ0v) is 11.5. The van der Waals surface area contributed by atoms with Gasteiger partial charge in [0.05, 0.1) is 11.2 Å². The minimum atomic E-state index is 0. The van der Waals surface area contributed by atoms with Crippen molar-refractivity contribution in [3.05, 3.63) is 16.1 Å². The normalized spacial score (nSPS) is 18.4. The van der Waals surface area contributed by atoms with Gasteiger partial charge in [0.1, 0.15) is 0 Å². The maximum atomic E-state index is 4.29. The van der Waals surface area contributed by atoms with Crippen LogP contribution in [0.3, 0.4) is 0 Å². The van der Waals surface area contributed by atoms with E-state index in [1.165, 1.54) is 36.5 Å². The Morgan fingerprint density at radius 2 is 2.19 bits per heavy atom. The second kappa shape index (κ2) is 6.55. The molecule has 92 valence electrons. The first-order valence-corrected chi connectivity index (χ1v) is 6.46. The van der Waals surface area contributed by atoms with E-state index in [1.54, 1.807) is 11.3 Å². The van der Waals surface area contributed by atoms with Gasteiger partial charge in [0, 0.05) is 30.6 Å². The Bertz CT molecular complexity index is 308. The van der Waals surface area contributed by atoms with Gasteiger partial charge in [-0.05, 0) is 26.8 Å². The van der Waals surface area contributed by atoms with E-state index in [0.29, 0.717) is 0 Å². The third-order valence-corrected chi connectivity index (χ3v) is 4.13. The summed E-state index contributed by atoms with van der Waals surface area (Å²) in [6.07, 6.45) is 2.54. The molecule has 3 nitrogen and oxygen atoms in total. The van der Waals surface area contributed by atoms with Gasteiger partial charge in [-0.1, -0.05) is 0 Å². The smallest absolute Gasteiger partial charge is 0.0798 e. The summed E-state index contributed by atoms with van der Waals surface area (Å²) >= 11 is 1.78. The second-order valence-electron chi connectivity index (χ2n) is 4.20. The van der Waals surface area contributed by atoms with E-state index in [4.69, 9.17) is 0 Å². The number of nitrogens with zero attached hydrogens (tertiary/aromatic N) is 2. The van der Waals surface area contributed by atoms with Crippen molar-refractivity contribution in [2.75, 3.05) is 20.1 Å². The van der Waals surface area contributed by atoms with Crippen molar-refractivity contribution in [3.63, 3.8) is 0 Å². The number of hydrogen-bond acceptors (Lipinski definition) is 4. The van der Waals surface area contributed by atoms with Crippen molar-refractivity contribution >= 4 is 23.7 Å². The maximum absolute atomic E-state index is 4.29. The predicted octanol–water partition coefficient (Wildman–Crippen LogP) is 2.06. The summed E-state index contributed by atoms with van der Waals surface area (Å²) in [5.74, 6) is 0. The fourth-order valence-electron chi connectivity index (χ4n) is 2.06. The molecule has 1 aromatic heterocycles. The lowest BCUT2D eigenvalue weighted by Crippen LogP contribution is -2.40. The lowest BCUT2D eigenvalue weighted by molar-refractivity contribution is 0.195. The van der Waals surface area contributed by atoms with Crippen LogP contribution in [0.2, 0.25) is 0 Å². The number of thiazole rings is 1. The molecule has 2 rings (SSSR count). The second-order valence-corrected chi connectivity index (χ2v) is 5.14. The molecule has 0 aromatic carbocycles. The Balaban J connectivity index is 0.00000128. The minimum Gasteiger partial charge on any atom is -0.317 e. The van der Waals surface area contributed by atoms with Gasteiger partial charge in [-0.15, -0.1) is 23.7 Å². The molecule has 0 radical (unpaired) electrons. The molecule has 0 aliphatic carbocycles. The van der Waals surface area contributed by atoms with Gasteiger partial charge in [-0.25, -0.2) is 4.98 Å². The van der Waals surface area contributed by atoms with Gasteiger partial charge in [0.2, 0.25) is 0 Å². The van der Waals surface area contributed by atoms with E-state index in [2.05, 4.69) is 29.2 Å². The summed E-state index contributed by atoms with van der Waals surface area (Å²) in [5, 5.41) is 3.36. The van der Waals surface area contributed by atoms with Gasteiger partial charge in [0.25, 0.3) is 0 Å². The van der Waals surface area contributed by atoms with Crippen LogP contribution in [0.4, 0.5) is 0 Å². The molecule has 1 aliphatic heterocycles. The topological polar surface area (TPSA) is 28.2 Å². The molecule has 1 saturated heterocycles. The molecule has 0 amide bonds. The number of piperidine rings is 1. The number of aromatic nitrogens is 1. The number of likely N-dealkylation sites (tertiary alicyclic amines) is 1. The Labute approximate surface area is 108 Å². The fraction of sp³-hybridized carbons (Fsp3) is 0.727. The molecule has 1 N–H and O–H groups in total. The summed E-state index contributed by atoms with van der Waals surface area (Å²) in [6.45, 7) is 5.62. The molecule has 5 heteroatoms. The van der Waals surface area contributed by atoms with Crippen LogP contribution in [0.25, 0.3) is 0 Å². The average molecular weight is 262 g/mol. The number of hydrogen-bond donors (Lipinski definition) is 1. The standard InChI is InChI=1S/C11H19N3S.ClH/c1-9-11(15-8-13-9)7-14-5-3-10(12-2)4-6-14;/h8,10,12H,3-7H2,1-2H3;1H. The zero-order chi connectivity index (χ0) is 10.7. The number of nitrogens with one attached hydrogen (secondary N) is 1. The summed E-state index contributed by atoms with van der Waals surface area (Å²) < 4.78 is 0. The Morgan fingerprint density at radius 3 is 2.69 bits per heavy atom. The molecule has 0 unspecified atom stereocenters. The molecule has 1 aliphatic rings. The van der Waals surface area contributed by atoms with E-state index >= 15 is 0 Å². The lowest BCUT2D eigenvalue weighted by Gasteiger charge is -2.31. The minimum absolute atomic E-state index is 0. The van der Waals surface area contributed by atoms with E-state index in [1.807, 2.05) is 5.51 Å². The van der Waals surface area contributed by atoms with E-state index in [9.17, 15) is 0 Å². The number of rotatable bonds is 3. The van der Waals surface area contributed by atoms with Gasteiger partial charge in [-0.3, -0.25) is 4.90 Å². The van der Waals surface area contributed by atoms with Crippen LogP contribution in [0.5, 0.6) is 0 Å². The summed E-state index contributed by atoms with van der Waals surface area (Å²) in [7, 11) is 2.06. The average Bonchev–Trinajstić information content (AvgIpc) is 2.66. The van der Waals surface area contributed by atoms with Crippen LogP contribution in [0.15, 0.2) is 5.51 Å². The van der Waals surface area contributed by atoms with E-state index < -0.39 is 0 Å².